The summed E-state index contributed by atoms with van der Waals surface area (Å²) in [4.78, 5) is 37.3. The number of nitrogens with two attached hydrogens (primary N) is 2. The van der Waals surface area contributed by atoms with Gasteiger partial charge in [0.1, 0.15) is 24.3 Å². The van der Waals surface area contributed by atoms with Crippen LogP contribution in [0, 0.1) is 16.2 Å². The molecule has 0 unspecified atom stereocenters. The molecule has 6 heterocycles. The smallest absolute Gasteiger partial charge is 0.217 e. The van der Waals surface area contributed by atoms with Crippen molar-refractivity contribution in [3.8, 4) is 0 Å². The first-order valence-electron chi connectivity index (χ1n) is 29.9. The second-order valence-corrected chi connectivity index (χ2v) is 30.6. The third-order valence-electron chi connectivity index (χ3n) is 12.3. The van der Waals surface area contributed by atoms with Crippen molar-refractivity contribution in [2.45, 2.75) is 291 Å². The van der Waals surface area contributed by atoms with Gasteiger partial charge in [0.15, 0.2) is 0 Å². The number of H-pyrrole nitrogens is 1. The van der Waals surface area contributed by atoms with E-state index in [0.29, 0.717) is 42.8 Å². The van der Waals surface area contributed by atoms with Crippen molar-refractivity contribution in [1.29, 1.82) is 0 Å². The maximum absolute atomic E-state index is 10.8. The standard InChI is InChI=1S/C9H19N.C8H17N.C8H13N.C8H16O.2C7H12N2.C7H15NO.C6H11N3.C5H14N2/c1-9(2,3)10-7-5-4-6-8-10;2*1-8(2,3)9-6-4-5-7-9;1-5-7(9)6-8(2,3)4;1-7(2,3)6-8-4-5-9-6;1-7(2,3)6-4-5-8-9-6;1-7(2,3)5-4-6(8)9;1-6(2,3)9-5-7-4-8-9;1-5(2,3)7-4-6/h4-8H2,1-3H3;4-7H2,1-3H3;4-7H,1-3H3;5-6H2,1-4H3;4-5H,1-3H3,(H,8,9);5H,4H2,1-3H3;4-5H2,1-3H3,(H2,8,9);4-5H,1-3H3;7H,4,6H2,1-3H3. The molecule has 6 N–H and O–H groups in total. The number of aromatic amines is 1. The molecule has 3 aromatic rings. The maximum atomic E-state index is 10.8. The Bertz CT molecular complexity index is 1920. The monoisotopic (exact) mass is 1120 g/mol. The first-order chi connectivity index (χ1) is 36.1. The van der Waals surface area contributed by atoms with Gasteiger partial charge in [-0.15, -0.1) is 0 Å². The molecule has 3 aliphatic rings. The van der Waals surface area contributed by atoms with E-state index in [4.69, 9.17) is 11.5 Å². The Kier molecular flexibility index (Phi) is 37.3. The molecule has 0 aromatic carbocycles. The first kappa shape index (κ1) is 80.2. The summed E-state index contributed by atoms with van der Waals surface area (Å²) >= 11 is 0. The fraction of sp³-hybridized carbons (Fsp3) is 0.800. The van der Waals surface area contributed by atoms with E-state index in [1.165, 1.54) is 64.0 Å². The molecule has 1 amide bonds. The van der Waals surface area contributed by atoms with E-state index in [1.807, 2.05) is 36.1 Å². The Morgan fingerprint density at radius 2 is 1.11 bits per heavy atom. The number of primary amides is 1. The van der Waals surface area contributed by atoms with E-state index >= 15 is 0 Å². The number of imidazole rings is 1. The molecule has 2 fully saturated rings. The van der Waals surface area contributed by atoms with Gasteiger partial charge >= 0.3 is 0 Å². The summed E-state index contributed by atoms with van der Waals surface area (Å²) in [7, 11) is 0. The zero-order chi connectivity index (χ0) is 63.0. The predicted molar refractivity (Wildman–Crippen MR) is 347 cm³/mol. The van der Waals surface area contributed by atoms with Crippen LogP contribution in [0.5, 0.6) is 0 Å². The van der Waals surface area contributed by atoms with E-state index in [-0.39, 0.29) is 44.2 Å². The van der Waals surface area contributed by atoms with Gasteiger partial charge in [0.25, 0.3) is 0 Å². The Morgan fingerprint density at radius 1 is 0.637 bits per heavy atom. The molecule has 0 aliphatic carbocycles. The van der Waals surface area contributed by atoms with Crippen molar-refractivity contribution < 1.29 is 9.59 Å². The van der Waals surface area contributed by atoms with Gasteiger partial charge in [-0.1, -0.05) is 96.4 Å². The minimum absolute atomic E-state index is 0.0660. The van der Waals surface area contributed by atoms with Gasteiger partial charge in [0.05, 0.1) is 11.3 Å². The number of hydrogen-bond acceptors (Lipinski definition) is 11. The van der Waals surface area contributed by atoms with Crippen LogP contribution < -0.4 is 16.8 Å². The summed E-state index contributed by atoms with van der Waals surface area (Å²) in [6, 6.07) is 4.09. The molecular weight excluding hydrogens is 995 g/mol. The number of hydrogen-bond donors (Lipinski definition) is 4. The zero-order valence-corrected chi connectivity index (χ0v) is 57.3. The first-order valence-corrected chi connectivity index (χ1v) is 29.9. The molecule has 80 heavy (non-hydrogen) atoms. The molecule has 2 saturated heterocycles. The molecule has 0 bridgehead atoms. The second kappa shape index (κ2) is 37.2. The lowest BCUT2D eigenvalue weighted by atomic mass is 9.89. The number of carbonyl (C=O) groups excluding carboxylic acids is 2. The van der Waals surface area contributed by atoms with Gasteiger partial charge in [0.2, 0.25) is 5.91 Å². The number of rotatable bonds is 5. The summed E-state index contributed by atoms with van der Waals surface area (Å²) in [5, 5.41) is 14.8. The van der Waals surface area contributed by atoms with Crippen LogP contribution in [-0.2, 0) is 26.1 Å². The molecule has 15 nitrogen and oxygen atoms in total. The van der Waals surface area contributed by atoms with Gasteiger partial charge in [0, 0.05) is 96.3 Å². The molecule has 0 saturated carbocycles. The van der Waals surface area contributed by atoms with Crippen LogP contribution in [0.25, 0.3) is 0 Å². The molecule has 15 heteroatoms. The average molecular weight is 1120 g/mol. The lowest BCUT2D eigenvalue weighted by Gasteiger charge is -2.38. The van der Waals surface area contributed by atoms with Crippen molar-refractivity contribution in [3.63, 3.8) is 0 Å². The minimum atomic E-state index is -0.204. The molecule has 0 spiro atoms. The number of Topliss-reactive ketones (excluding diaryl/α,β-unsaturated/α-hetero) is 1. The van der Waals surface area contributed by atoms with E-state index in [0.717, 1.165) is 18.7 Å². The molecule has 3 aromatic heterocycles. The number of piperidine rings is 1. The van der Waals surface area contributed by atoms with Gasteiger partial charge < -0.3 is 21.0 Å². The van der Waals surface area contributed by atoms with Crippen LogP contribution in [0.4, 0.5) is 0 Å². The fourth-order valence-electron chi connectivity index (χ4n) is 7.22. The van der Waals surface area contributed by atoms with Crippen LogP contribution in [0.15, 0.2) is 59.8 Å². The number of amides is 1. The Hall–Kier alpha value is -4.05. The number of nitrogens with one attached hydrogen (secondary N) is 2. The average Bonchev–Trinajstić information content (AvgIpc) is 4.15. The van der Waals surface area contributed by atoms with Gasteiger partial charge in [-0.05, 0) is 185 Å². The largest absolute Gasteiger partial charge is 0.370 e. The summed E-state index contributed by atoms with van der Waals surface area (Å²) in [5.74, 6) is 1.20. The lowest BCUT2D eigenvalue weighted by Crippen LogP contribution is -2.44. The molecule has 0 atom stereocenters. The molecule has 6 rings (SSSR count). The molecule has 0 radical (unpaired) electrons. The van der Waals surface area contributed by atoms with Crippen LogP contribution >= 0.6 is 0 Å². The molecule has 3 aliphatic heterocycles. The highest BCUT2D eigenvalue weighted by atomic mass is 16.1. The van der Waals surface area contributed by atoms with Crippen LogP contribution in [0.1, 0.15) is 264 Å². The van der Waals surface area contributed by atoms with Crippen molar-refractivity contribution in [2.75, 3.05) is 32.8 Å². The number of likely N-dealkylation sites (tertiary alicyclic amines) is 2. The third-order valence-corrected chi connectivity index (χ3v) is 12.3. The second-order valence-electron chi connectivity index (χ2n) is 30.6. The van der Waals surface area contributed by atoms with Gasteiger partial charge in [-0.25, -0.2) is 14.6 Å². The summed E-state index contributed by atoms with van der Waals surface area (Å²) in [6.45, 7) is 65.9. The molecule has 466 valence electrons. The van der Waals surface area contributed by atoms with Gasteiger partial charge in [-0.3, -0.25) is 24.7 Å². The quantitative estimate of drug-likeness (QED) is 0.180. The predicted octanol–water partition coefficient (Wildman–Crippen LogP) is 15.0. The van der Waals surface area contributed by atoms with Crippen LogP contribution in [-0.4, -0.2) is 112 Å². The topological polar surface area (TPSA) is 194 Å². The number of carbonyl (C=O) groups is 2. The number of ketones is 1. The normalized spacial score (nSPS) is 15.2. The SMILES string of the molecule is CC(C)(C)C1=NN=CC1.CC(C)(C)CCC(N)=O.CC(C)(C)N1CCCC1.CC(C)(C)N1CCCCC1.CC(C)(C)NCN.CC(C)(C)c1ncc[nH]1.CC(C)(C)n1cccc1.CC(C)(C)n1cncn1.CCC(=O)CC(C)(C)C. The fourth-order valence-corrected chi connectivity index (χ4v) is 7.22. The van der Waals surface area contributed by atoms with Gasteiger partial charge in [-0.2, -0.15) is 15.3 Å². The summed E-state index contributed by atoms with van der Waals surface area (Å²) in [5.41, 5.74) is 13.4. The van der Waals surface area contributed by atoms with Crippen molar-refractivity contribution >= 4 is 23.6 Å². The highest BCUT2D eigenvalue weighted by Gasteiger charge is 2.24. The van der Waals surface area contributed by atoms with Crippen molar-refractivity contribution in [2.24, 2.45) is 37.9 Å². The van der Waals surface area contributed by atoms with E-state index in [1.54, 1.807) is 18.9 Å². The Labute approximate surface area is 493 Å². The van der Waals surface area contributed by atoms with E-state index in [2.05, 4.69) is 249 Å². The Balaban J connectivity index is -0.000000835. The highest BCUT2D eigenvalue weighted by Crippen LogP contribution is 2.23. The Morgan fingerprint density at radius 3 is 1.29 bits per heavy atom. The number of aromatic nitrogens is 6. The third kappa shape index (κ3) is 46.5. The van der Waals surface area contributed by atoms with Crippen LogP contribution in [0.2, 0.25) is 0 Å². The minimum Gasteiger partial charge on any atom is -0.370 e. The summed E-state index contributed by atoms with van der Waals surface area (Å²) in [6.07, 6.45) is 23.7. The van der Waals surface area contributed by atoms with Crippen molar-refractivity contribution in [1.82, 2.24) is 44.4 Å². The van der Waals surface area contributed by atoms with Crippen molar-refractivity contribution in [3.05, 3.63) is 55.4 Å². The van der Waals surface area contributed by atoms with Crippen LogP contribution in [0.3, 0.4) is 0 Å². The summed E-state index contributed by atoms with van der Waals surface area (Å²) < 4.78 is 4.01. The van der Waals surface area contributed by atoms with E-state index < -0.39 is 0 Å². The zero-order valence-electron chi connectivity index (χ0n) is 57.3. The lowest BCUT2D eigenvalue weighted by molar-refractivity contribution is -0.120. The number of nitrogens with zero attached hydrogens (tertiary/aromatic N) is 9. The van der Waals surface area contributed by atoms with E-state index in [9.17, 15) is 9.59 Å². The maximum Gasteiger partial charge on any atom is 0.217 e. The highest BCUT2D eigenvalue weighted by molar-refractivity contribution is 6.01. The molecular formula is C65H129N13O2.